The summed E-state index contributed by atoms with van der Waals surface area (Å²) in [7, 11) is 0. The summed E-state index contributed by atoms with van der Waals surface area (Å²) >= 11 is 0. The molecule has 0 aromatic heterocycles. The Morgan fingerprint density at radius 3 is 2.31 bits per heavy atom. The summed E-state index contributed by atoms with van der Waals surface area (Å²) < 4.78 is 30.8. The first-order chi connectivity index (χ1) is 16.4. The van der Waals surface area contributed by atoms with Crippen LogP contribution in [0.25, 0.3) is 0 Å². The van der Waals surface area contributed by atoms with E-state index in [-0.39, 0.29) is 24.9 Å². The highest BCUT2D eigenvalue weighted by Gasteiger charge is 2.80. The molecule has 5 fully saturated rings. The predicted molar refractivity (Wildman–Crippen MR) is 124 cm³/mol. The zero-order valence-corrected chi connectivity index (χ0v) is 21.7. The number of rotatable bonds is 3. The largest absolute Gasteiger partial charge is 0.463 e. The van der Waals surface area contributed by atoms with E-state index in [0.29, 0.717) is 18.6 Å². The Kier molecular flexibility index (Phi) is 5.50. The maximum Gasteiger partial charge on any atom is 0.333 e. The fraction of sp³-hybridized carbons (Fsp3) is 0.815. The summed E-state index contributed by atoms with van der Waals surface area (Å²) in [6.45, 7) is 12.0. The van der Waals surface area contributed by atoms with Gasteiger partial charge in [0.05, 0.1) is 13.0 Å². The zero-order valence-electron chi connectivity index (χ0n) is 21.7. The molecule has 5 aliphatic rings. The first-order valence-corrected chi connectivity index (χ1v) is 12.9. The van der Waals surface area contributed by atoms with E-state index in [1.54, 1.807) is 19.9 Å². The summed E-state index contributed by atoms with van der Waals surface area (Å²) in [5.41, 5.74) is -2.68. The van der Waals surface area contributed by atoms with E-state index in [9.17, 15) is 14.4 Å². The highest BCUT2D eigenvalue weighted by Crippen LogP contribution is 2.72. The van der Waals surface area contributed by atoms with Crippen molar-refractivity contribution in [2.24, 2.45) is 16.7 Å². The molecule has 8 heteroatoms. The number of hydrogen-bond donors (Lipinski definition) is 0. The molecule has 0 N–H and O–H groups in total. The molecule has 0 aromatic rings. The zero-order chi connectivity index (χ0) is 25.4. The van der Waals surface area contributed by atoms with Crippen LogP contribution in [-0.4, -0.2) is 60.1 Å². The Morgan fingerprint density at radius 1 is 1.03 bits per heavy atom. The second kappa shape index (κ2) is 7.78. The lowest BCUT2D eigenvalue weighted by Gasteiger charge is -2.70. The van der Waals surface area contributed by atoms with E-state index in [4.69, 9.17) is 23.7 Å². The van der Waals surface area contributed by atoms with Crippen LogP contribution in [0.3, 0.4) is 0 Å². The van der Waals surface area contributed by atoms with Crippen LogP contribution >= 0.6 is 0 Å². The molecule has 0 unspecified atom stereocenters. The molecule has 8 nitrogen and oxygen atoms in total. The van der Waals surface area contributed by atoms with Gasteiger partial charge in [-0.1, -0.05) is 26.3 Å². The van der Waals surface area contributed by atoms with Gasteiger partial charge in [-0.15, -0.1) is 0 Å². The van der Waals surface area contributed by atoms with E-state index < -0.39 is 51.8 Å². The molecule has 2 saturated carbocycles. The highest BCUT2D eigenvalue weighted by atomic mass is 16.6. The summed E-state index contributed by atoms with van der Waals surface area (Å²) in [6.07, 6.45) is 4.53. The summed E-state index contributed by atoms with van der Waals surface area (Å²) in [5, 5.41) is 0. The van der Waals surface area contributed by atoms with E-state index >= 15 is 0 Å². The summed E-state index contributed by atoms with van der Waals surface area (Å²) in [4.78, 5) is 37.8. The first kappa shape index (κ1) is 24.8. The average molecular weight is 491 g/mol. The van der Waals surface area contributed by atoms with Crippen molar-refractivity contribution >= 4 is 17.9 Å². The number of allylic oxidation sites excluding steroid dienone is 1. The number of ether oxygens (including phenoxy) is 5. The van der Waals surface area contributed by atoms with Crippen molar-refractivity contribution in [3.63, 3.8) is 0 Å². The maximum absolute atomic E-state index is 13.2. The van der Waals surface area contributed by atoms with E-state index in [1.807, 2.05) is 6.92 Å². The van der Waals surface area contributed by atoms with Gasteiger partial charge in [0.1, 0.15) is 23.4 Å². The molecule has 3 aliphatic heterocycles. The van der Waals surface area contributed by atoms with Crippen molar-refractivity contribution in [3.05, 3.63) is 11.6 Å². The number of esters is 3. The molecule has 3 saturated heterocycles. The van der Waals surface area contributed by atoms with E-state index in [1.165, 1.54) is 6.92 Å². The highest BCUT2D eigenvalue weighted by molar-refractivity contribution is 5.87. The molecule has 2 aliphatic carbocycles. The molecule has 3 heterocycles. The molecule has 0 bridgehead atoms. The Balaban J connectivity index is 1.67. The normalized spacial score (nSPS) is 48.7. The van der Waals surface area contributed by atoms with Gasteiger partial charge in [-0.3, -0.25) is 9.59 Å². The summed E-state index contributed by atoms with van der Waals surface area (Å²) in [6, 6.07) is 0. The predicted octanol–water partition coefficient (Wildman–Crippen LogP) is 3.65. The first-order valence-electron chi connectivity index (χ1n) is 12.9. The molecular formula is C27H38O8. The molecule has 0 aromatic carbocycles. The molecule has 35 heavy (non-hydrogen) atoms. The lowest BCUT2D eigenvalue weighted by molar-refractivity contribution is -0.355. The van der Waals surface area contributed by atoms with Gasteiger partial charge in [0.25, 0.3) is 0 Å². The second-order valence-electron chi connectivity index (χ2n) is 12.0. The average Bonchev–Trinajstić information content (AvgIpc) is 3.50. The van der Waals surface area contributed by atoms with Gasteiger partial charge >= 0.3 is 17.9 Å². The number of epoxide rings is 1. The smallest absolute Gasteiger partial charge is 0.333 e. The number of carbonyl (C=O) groups is 3. The minimum Gasteiger partial charge on any atom is -0.463 e. The fourth-order valence-corrected chi connectivity index (χ4v) is 7.99. The van der Waals surface area contributed by atoms with E-state index in [2.05, 4.69) is 13.8 Å². The molecule has 0 amide bonds. The van der Waals surface area contributed by atoms with Crippen molar-refractivity contribution in [1.82, 2.24) is 0 Å². The molecule has 0 radical (unpaired) electrons. The molecule has 8 atom stereocenters. The fourth-order valence-electron chi connectivity index (χ4n) is 7.99. The Morgan fingerprint density at radius 2 is 1.74 bits per heavy atom. The van der Waals surface area contributed by atoms with Crippen LogP contribution in [0.4, 0.5) is 0 Å². The van der Waals surface area contributed by atoms with Gasteiger partial charge in [-0.05, 0) is 52.4 Å². The van der Waals surface area contributed by atoms with Crippen molar-refractivity contribution < 1.29 is 38.1 Å². The molecule has 194 valence electrons. The Hall–Kier alpha value is -1.93. The topological polar surface area (TPSA) is 101 Å². The standard InChI is InChI=1S/C27H38O8/c1-7-16(2)22(30)34-20-21(33-17(3)28)25(6)23(4,11-12-26(35-25)13-19(29)31-14-26)18-9-8-10-27(15-32-27)24(18,20)5/h7,18,20-21H,8-15H2,1-6H3/b16-7+/t18-,20+,21+,23-,24+,25+,26+,27+/m1/s1. The third-order valence-electron chi connectivity index (χ3n) is 10.4. The van der Waals surface area contributed by atoms with Gasteiger partial charge in [0.15, 0.2) is 12.2 Å². The quantitative estimate of drug-likeness (QED) is 0.256. The van der Waals surface area contributed by atoms with Crippen molar-refractivity contribution in [3.8, 4) is 0 Å². The van der Waals surface area contributed by atoms with Crippen molar-refractivity contribution in [2.45, 2.75) is 109 Å². The lowest BCUT2D eigenvalue weighted by atomic mass is 9.40. The molecule has 5 rings (SSSR count). The second-order valence-corrected chi connectivity index (χ2v) is 12.0. The third kappa shape index (κ3) is 3.28. The van der Waals surface area contributed by atoms with Gasteiger partial charge in [-0.2, -0.15) is 0 Å². The molecular weight excluding hydrogens is 452 g/mol. The number of carbonyl (C=O) groups excluding carboxylic acids is 3. The number of cyclic esters (lactones) is 1. The van der Waals surface area contributed by atoms with Crippen molar-refractivity contribution in [1.29, 1.82) is 0 Å². The van der Waals surface area contributed by atoms with Crippen LogP contribution in [-0.2, 0) is 38.1 Å². The number of hydrogen-bond acceptors (Lipinski definition) is 8. The lowest BCUT2D eigenvalue weighted by Crippen LogP contribution is -2.79. The summed E-state index contributed by atoms with van der Waals surface area (Å²) in [5.74, 6) is -1.08. The van der Waals surface area contributed by atoms with Crippen LogP contribution in [0.15, 0.2) is 11.6 Å². The van der Waals surface area contributed by atoms with Crippen LogP contribution < -0.4 is 0 Å². The van der Waals surface area contributed by atoms with E-state index in [0.717, 1.165) is 25.7 Å². The van der Waals surface area contributed by atoms with Gasteiger partial charge in [0.2, 0.25) is 0 Å². The monoisotopic (exact) mass is 490 g/mol. The van der Waals surface area contributed by atoms with Gasteiger partial charge in [0, 0.05) is 23.3 Å². The maximum atomic E-state index is 13.2. The minimum atomic E-state index is -1.00. The van der Waals surface area contributed by atoms with Crippen LogP contribution in [0.1, 0.15) is 80.1 Å². The van der Waals surface area contributed by atoms with Crippen LogP contribution in [0, 0.1) is 16.7 Å². The van der Waals surface area contributed by atoms with Gasteiger partial charge < -0.3 is 23.7 Å². The Bertz CT molecular complexity index is 984. The third-order valence-corrected chi connectivity index (χ3v) is 10.4. The van der Waals surface area contributed by atoms with Crippen LogP contribution in [0.2, 0.25) is 0 Å². The minimum absolute atomic E-state index is 0.0992. The van der Waals surface area contributed by atoms with Crippen molar-refractivity contribution in [2.75, 3.05) is 13.2 Å². The Labute approximate surface area is 207 Å². The SMILES string of the molecule is C/C=C(\C)C(=O)O[C@H]1[C@H](OC(C)=O)[C@]2(C)O[C@]3(CC[C@]2(C)[C@H]2CCC[C@]4(CO4)[C@]12C)COC(=O)C3. The van der Waals surface area contributed by atoms with Crippen LogP contribution in [0.5, 0.6) is 0 Å². The van der Waals surface area contributed by atoms with Gasteiger partial charge in [-0.25, -0.2) is 4.79 Å². The molecule has 2 spiro atoms. The number of fused-ring (bicyclic) bond motifs is 4.